The maximum atomic E-state index is 13.9. The molecule has 0 aliphatic heterocycles. The van der Waals surface area contributed by atoms with E-state index in [1.165, 1.54) is 6.92 Å². The first kappa shape index (κ1) is 26.2. The average Bonchev–Trinajstić information content (AvgIpc) is 2.66. The Morgan fingerprint density at radius 3 is 1.55 bits per heavy atom. The first-order valence-corrected chi connectivity index (χ1v) is 13.0. The predicted octanol–water partition coefficient (Wildman–Crippen LogP) is 4.54. The van der Waals surface area contributed by atoms with Gasteiger partial charge in [0, 0.05) is 5.92 Å². The standard InChI is InChI=1S/C19H33NO7P2/c1-6-24-28(22,25-7-2)19(29(23,26-8-3)27-9-4)17(18(20)15(5)21)16-13-11-10-12-14-16/h10-14,17-19H,6-9,20H2,1-5H3/t17-,18-/m1/s1. The number of hydrogen-bond donors (Lipinski definition) is 1. The minimum atomic E-state index is -4.07. The fourth-order valence-electron chi connectivity index (χ4n) is 3.16. The summed E-state index contributed by atoms with van der Waals surface area (Å²) >= 11 is 0. The van der Waals surface area contributed by atoms with Crippen molar-refractivity contribution in [3.8, 4) is 0 Å². The van der Waals surface area contributed by atoms with E-state index in [2.05, 4.69) is 0 Å². The molecule has 2 N–H and O–H groups in total. The SMILES string of the molecule is CCOP(=O)(OCC)C([C@H](c1ccccc1)[C@H](N)C(C)=O)P(=O)(OCC)OCC. The molecule has 29 heavy (non-hydrogen) atoms. The van der Waals surface area contributed by atoms with Crippen LogP contribution in [0.1, 0.15) is 46.1 Å². The van der Waals surface area contributed by atoms with Crippen LogP contribution in [0.2, 0.25) is 0 Å². The Labute approximate surface area is 173 Å². The van der Waals surface area contributed by atoms with Crippen LogP contribution in [0.5, 0.6) is 0 Å². The second kappa shape index (κ2) is 12.1. The highest BCUT2D eigenvalue weighted by atomic mass is 31.2. The van der Waals surface area contributed by atoms with Gasteiger partial charge < -0.3 is 23.8 Å². The summed E-state index contributed by atoms with van der Waals surface area (Å²) in [6, 6.07) is 7.64. The third-order valence-corrected chi connectivity index (χ3v) is 10.4. The third kappa shape index (κ3) is 6.56. The number of benzene rings is 1. The lowest BCUT2D eigenvalue weighted by atomic mass is 9.91. The molecule has 0 aromatic heterocycles. The molecule has 2 atom stereocenters. The van der Waals surface area contributed by atoms with Crippen LogP contribution in [0.3, 0.4) is 0 Å². The number of nitrogens with two attached hydrogens (primary N) is 1. The lowest BCUT2D eigenvalue weighted by Crippen LogP contribution is -2.42. The Morgan fingerprint density at radius 1 is 0.862 bits per heavy atom. The van der Waals surface area contributed by atoms with E-state index in [0.717, 1.165) is 0 Å². The number of ketones is 1. The van der Waals surface area contributed by atoms with Gasteiger partial charge in [0.05, 0.1) is 32.5 Å². The number of rotatable bonds is 14. The van der Waals surface area contributed by atoms with Gasteiger partial charge >= 0.3 is 15.2 Å². The monoisotopic (exact) mass is 449 g/mol. The van der Waals surface area contributed by atoms with Crippen molar-refractivity contribution in [2.24, 2.45) is 5.73 Å². The smallest absolute Gasteiger partial charge is 0.321 e. The highest BCUT2D eigenvalue weighted by Gasteiger charge is 2.57. The van der Waals surface area contributed by atoms with Crippen molar-refractivity contribution in [2.45, 2.75) is 52.0 Å². The van der Waals surface area contributed by atoms with Crippen molar-refractivity contribution in [3.05, 3.63) is 35.9 Å². The second-order valence-electron chi connectivity index (χ2n) is 6.24. The molecule has 0 heterocycles. The summed E-state index contributed by atoms with van der Waals surface area (Å²) in [6.45, 7) is 8.11. The maximum absolute atomic E-state index is 13.9. The molecular formula is C19H33NO7P2. The van der Waals surface area contributed by atoms with Gasteiger partial charge in [-0.25, -0.2) is 0 Å². The fraction of sp³-hybridized carbons (Fsp3) is 0.632. The molecule has 0 saturated carbocycles. The Bertz CT molecular complexity index is 679. The second-order valence-corrected chi connectivity index (χ2v) is 10.9. The van der Waals surface area contributed by atoms with E-state index in [1.54, 1.807) is 58.0 Å². The number of carbonyl (C=O) groups excluding carboxylic acids is 1. The van der Waals surface area contributed by atoms with Crippen LogP contribution < -0.4 is 5.73 Å². The van der Waals surface area contributed by atoms with E-state index in [0.29, 0.717) is 5.56 Å². The van der Waals surface area contributed by atoms with Crippen molar-refractivity contribution < 1.29 is 32.0 Å². The van der Waals surface area contributed by atoms with Gasteiger partial charge in [-0.15, -0.1) is 0 Å². The Hall–Kier alpha value is -0.850. The zero-order chi connectivity index (χ0) is 22.1. The minimum absolute atomic E-state index is 0.0445. The summed E-state index contributed by atoms with van der Waals surface area (Å²) in [4.78, 5) is 12.3. The molecule has 0 unspecified atom stereocenters. The van der Waals surface area contributed by atoms with Gasteiger partial charge in [-0.05, 0) is 40.2 Å². The molecule has 1 rings (SSSR count). The molecule has 0 spiro atoms. The zero-order valence-electron chi connectivity index (χ0n) is 17.8. The number of carbonyl (C=O) groups is 1. The summed E-state index contributed by atoms with van der Waals surface area (Å²) in [7, 11) is -8.14. The van der Waals surface area contributed by atoms with E-state index in [-0.39, 0.29) is 32.2 Å². The van der Waals surface area contributed by atoms with E-state index < -0.39 is 32.6 Å². The summed E-state index contributed by atoms with van der Waals surface area (Å²) in [6.07, 6.45) is 0. The normalized spacial score (nSPS) is 14.7. The first-order chi connectivity index (χ1) is 13.7. The molecule has 0 amide bonds. The highest BCUT2D eigenvalue weighted by Crippen LogP contribution is 2.74. The maximum Gasteiger partial charge on any atom is 0.346 e. The number of Topliss-reactive ketones (excluding diaryl/α,β-unsaturated/α-hetero) is 1. The first-order valence-electron chi connectivity index (χ1n) is 9.79. The molecule has 0 fully saturated rings. The summed E-state index contributed by atoms with van der Waals surface area (Å²) in [5, 5.41) is -1.41. The zero-order valence-corrected chi connectivity index (χ0v) is 19.6. The van der Waals surface area contributed by atoms with Crippen LogP contribution in [0.4, 0.5) is 0 Å². The van der Waals surface area contributed by atoms with Gasteiger partial charge in [0.25, 0.3) is 0 Å². The van der Waals surface area contributed by atoms with E-state index in [1.807, 2.05) is 0 Å². The molecular weight excluding hydrogens is 416 g/mol. The average molecular weight is 449 g/mol. The van der Waals surface area contributed by atoms with Gasteiger partial charge in [0.15, 0.2) is 5.40 Å². The lowest BCUT2D eigenvalue weighted by Gasteiger charge is -2.38. The molecule has 1 aromatic rings. The Balaban J connectivity index is 3.83. The van der Waals surface area contributed by atoms with Crippen LogP contribution in [-0.4, -0.2) is 43.7 Å². The van der Waals surface area contributed by atoms with Crippen molar-refractivity contribution in [1.29, 1.82) is 0 Å². The lowest BCUT2D eigenvalue weighted by molar-refractivity contribution is -0.118. The third-order valence-electron chi connectivity index (χ3n) is 4.25. The summed E-state index contributed by atoms with van der Waals surface area (Å²) in [5.41, 5.74) is 6.83. The van der Waals surface area contributed by atoms with Gasteiger partial charge in [-0.1, -0.05) is 30.3 Å². The van der Waals surface area contributed by atoms with Gasteiger partial charge in [0.1, 0.15) is 5.78 Å². The Morgan fingerprint density at radius 2 is 1.24 bits per heavy atom. The van der Waals surface area contributed by atoms with Crippen molar-refractivity contribution in [2.75, 3.05) is 26.4 Å². The minimum Gasteiger partial charge on any atom is -0.321 e. The molecule has 0 aliphatic rings. The quantitative estimate of drug-likeness (QED) is 0.412. The predicted molar refractivity (Wildman–Crippen MR) is 113 cm³/mol. The van der Waals surface area contributed by atoms with Gasteiger partial charge in [0.2, 0.25) is 0 Å². The summed E-state index contributed by atoms with van der Waals surface area (Å²) < 4.78 is 50.0. The van der Waals surface area contributed by atoms with E-state index in [9.17, 15) is 13.9 Å². The van der Waals surface area contributed by atoms with Gasteiger partial charge in [-0.2, -0.15) is 0 Å². The van der Waals surface area contributed by atoms with Crippen LogP contribution in [0.15, 0.2) is 30.3 Å². The van der Waals surface area contributed by atoms with Crippen LogP contribution >= 0.6 is 15.2 Å². The highest BCUT2D eigenvalue weighted by molar-refractivity contribution is 7.72. The van der Waals surface area contributed by atoms with Crippen LogP contribution in [0, 0.1) is 0 Å². The van der Waals surface area contributed by atoms with E-state index in [4.69, 9.17) is 23.8 Å². The molecule has 8 nitrogen and oxygen atoms in total. The molecule has 166 valence electrons. The van der Waals surface area contributed by atoms with E-state index >= 15 is 0 Å². The molecule has 0 saturated heterocycles. The van der Waals surface area contributed by atoms with Crippen LogP contribution in [0.25, 0.3) is 0 Å². The number of hydrogen-bond acceptors (Lipinski definition) is 8. The van der Waals surface area contributed by atoms with Crippen molar-refractivity contribution >= 4 is 21.0 Å². The van der Waals surface area contributed by atoms with Gasteiger partial charge in [-0.3, -0.25) is 13.9 Å². The van der Waals surface area contributed by atoms with Crippen molar-refractivity contribution in [1.82, 2.24) is 0 Å². The molecule has 10 heteroatoms. The Kier molecular flexibility index (Phi) is 10.9. The van der Waals surface area contributed by atoms with Crippen LogP contribution in [-0.2, 0) is 32.0 Å². The topological polar surface area (TPSA) is 114 Å². The molecule has 0 aliphatic carbocycles. The molecule has 1 aromatic carbocycles. The fourth-order valence-corrected chi connectivity index (χ4v) is 9.05. The summed E-state index contributed by atoms with van der Waals surface area (Å²) in [5.74, 6) is -1.33. The molecule has 0 bridgehead atoms. The molecule has 0 radical (unpaired) electrons. The van der Waals surface area contributed by atoms with Crippen molar-refractivity contribution in [3.63, 3.8) is 0 Å². The largest absolute Gasteiger partial charge is 0.346 e.